The second kappa shape index (κ2) is 24.1. The molecular weight excluding hydrogens is 789 g/mol. The van der Waals surface area contributed by atoms with Crippen molar-refractivity contribution in [2.45, 2.75) is 52.4 Å². The number of hydrogen-bond donors (Lipinski definition) is 4. The van der Waals surface area contributed by atoms with Crippen LogP contribution in [0, 0.1) is 6.92 Å². The zero-order valence-corrected chi connectivity index (χ0v) is 35.7. The third kappa shape index (κ3) is 13.6. The molecule has 0 fully saturated rings. The van der Waals surface area contributed by atoms with Gasteiger partial charge in [0.15, 0.2) is 17.3 Å². The van der Waals surface area contributed by atoms with Crippen LogP contribution in [0.5, 0.6) is 46.0 Å². The molecule has 11 heteroatoms. The van der Waals surface area contributed by atoms with E-state index < -0.39 is 5.78 Å². The lowest BCUT2D eigenvalue weighted by Gasteiger charge is -2.09. The Morgan fingerprint density at radius 2 is 0.806 bits per heavy atom. The summed E-state index contributed by atoms with van der Waals surface area (Å²) in [5, 5.41) is 39.6. The molecule has 0 unspecified atom stereocenters. The van der Waals surface area contributed by atoms with Gasteiger partial charge in [-0.25, -0.2) is 0 Å². The largest absolute Gasteiger partial charge is 0.507 e. The molecule has 0 atom stereocenters. The number of unbranched alkanes of at least 4 members (excludes halogenated alkanes) is 5. The van der Waals surface area contributed by atoms with Gasteiger partial charge in [0, 0.05) is 35.4 Å². The summed E-state index contributed by atoms with van der Waals surface area (Å²) < 4.78 is 20.5. The monoisotopic (exact) mass is 842 g/mol. The molecule has 0 aliphatic rings. The van der Waals surface area contributed by atoms with E-state index in [1.54, 1.807) is 60.7 Å². The van der Waals surface area contributed by atoms with E-state index in [1.165, 1.54) is 83.4 Å². The second-order valence-corrected chi connectivity index (χ2v) is 14.2. The number of methoxy groups -OCH3 is 3. The fraction of sp³-hybridized carbons (Fsp3) is 0.235. The minimum Gasteiger partial charge on any atom is -0.507 e. The van der Waals surface area contributed by atoms with Crippen LogP contribution < -0.4 is 18.9 Å². The topological polar surface area (TPSA) is 169 Å². The molecule has 62 heavy (non-hydrogen) atoms. The maximum atomic E-state index is 12.4. The van der Waals surface area contributed by atoms with Crippen LogP contribution in [0.4, 0.5) is 0 Å². The number of aromatic hydroxyl groups is 4. The number of aryl methyl sites for hydroxylation is 1. The van der Waals surface area contributed by atoms with Crippen LogP contribution in [0.3, 0.4) is 0 Å². The van der Waals surface area contributed by atoms with Gasteiger partial charge in [0.25, 0.3) is 0 Å². The number of carbonyl (C=O) groups is 3. The average molecular weight is 843 g/mol. The Morgan fingerprint density at radius 3 is 1.23 bits per heavy atom. The smallest absolute Gasteiger partial charge is 0.200 e. The lowest BCUT2D eigenvalue weighted by molar-refractivity contribution is 0.102. The third-order valence-electron chi connectivity index (χ3n) is 9.68. The molecule has 324 valence electrons. The maximum Gasteiger partial charge on any atom is 0.200 e. The number of benzene rings is 6. The zero-order chi connectivity index (χ0) is 45.0. The maximum absolute atomic E-state index is 12.4. The first-order valence-electron chi connectivity index (χ1n) is 20.2. The Morgan fingerprint density at radius 1 is 0.435 bits per heavy atom. The molecule has 6 aromatic rings. The highest BCUT2D eigenvalue weighted by Gasteiger charge is 2.19. The summed E-state index contributed by atoms with van der Waals surface area (Å²) in [5.74, 6) is 0.629. The summed E-state index contributed by atoms with van der Waals surface area (Å²) in [5.41, 5.74) is 2.96. The van der Waals surface area contributed by atoms with Gasteiger partial charge in [-0.15, -0.1) is 0 Å². The lowest BCUT2D eigenvalue weighted by atomic mass is 10.0. The van der Waals surface area contributed by atoms with Gasteiger partial charge in [0.1, 0.15) is 46.0 Å². The van der Waals surface area contributed by atoms with Gasteiger partial charge in [0.2, 0.25) is 0 Å². The number of ketones is 3. The van der Waals surface area contributed by atoms with E-state index in [1.807, 2.05) is 37.3 Å². The van der Waals surface area contributed by atoms with E-state index in [0.717, 1.165) is 18.4 Å². The van der Waals surface area contributed by atoms with Crippen LogP contribution >= 0.6 is 0 Å². The van der Waals surface area contributed by atoms with Gasteiger partial charge >= 0.3 is 0 Å². The molecule has 0 bridgehead atoms. The first kappa shape index (κ1) is 47.4. The van der Waals surface area contributed by atoms with Gasteiger partial charge in [-0.1, -0.05) is 99.2 Å². The van der Waals surface area contributed by atoms with Crippen molar-refractivity contribution in [3.8, 4) is 46.0 Å². The molecule has 4 N–H and O–H groups in total. The predicted molar refractivity (Wildman–Crippen MR) is 239 cm³/mol. The minimum absolute atomic E-state index is 0.0377. The Kier molecular flexibility index (Phi) is 18.4. The van der Waals surface area contributed by atoms with Crippen LogP contribution in [-0.4, -0.2) is 65.7 Å². The number of phenols is 4. The lowest BCUT2D eigenvalue weighted by Crippen LogP contribution is -2.02. The standard InChI is InChI=1S/C21H26O3.C15H14O5.C15H14O3/c1-2-3-4-5-6-10-15-24-18-13-14-19(20(22)16-18)21(23)17-11-8-7-9-12-17;1-19-9-3-5-11(13(16)7-9)15(18)12-6-4-10(20-2)8-14(12)17;1-10-3-5-11(6-4-10)15(17)13-8-7-12(18-2)9-14(13)16/h7-9,11-14,16,22H,2-6,10,15H2,1H3;3-8,16-17H,1-2H3;3-9,16H,1-2H3. The quantitative estimate of drug-likeness (QED) is 0.0509. The molecule has 0 aromatic heterocycles. The molecule has 0 heterocycles. The molecule has 0 saturated carbocycles. The van der Waals surface area contributed by atoms with Crippen LogP contribution in [-0.2, 0) is 0 Å². The van der Waals surface area contributed by atoms with Crippen molar-refractivity contribution >= 4 is 17.3 Å². The summed E-state index contributed by atoms with van der Waals surface area (Å²) in [7, 11) is 4.44. The number of phenolic OH excluding ortho intramolecular Hbond substituents is 4. The Bertz CT molecular complexity index is 2330. The Hall–Kier alpha value is -7.27. The van der Waals surface area contributed by atoms with Gasteiger partial charge in [-0.2, -0.15) is 0 Å². The van der Waals surface area contributed by atoms with Crippen molar-refractivity contribution < 1.29 is 53.8 Å². The first-order chi connectivity index (χ1) is 29.9. The van der Waals surface area contributed by atoms with Crippen molar-refractivity contribution in [3.05, 3.63) is 166 Å². The highest BCUT2D eigenvalue weighted by atomic mass is 16.5. The van der Waals surface area contributed by atoms with Gasteiger partial charge in [0.05, 0.1) is 50.2 Å². The first-order valence-corrected chi connectivity index (χ1v) is 20.2. The molecule has 0 spiro atoms. The van der Waals surface area contributed by atoms with Crippen LogP contribution in [0.2, 0.25) is 0 Å². The summed E-state index contributed by atoms with van der Waals surface area (Å²) in [6, 6.07) is 34.4. The van der Waals surface area contributed by atoms with Crippen LogP contribution in [0.25, 0.3) is 0 Å². The van der Waals surface area contributed by atoms with E-state index in [0.29, 0.717) is 46.3 Å². The van der Waals surface area contributed by atoms with Gasteiger partial charge in [-0.05, 0) is 61.9 Å². The molecule has 6 rings (SSSR count). The molecule has 11 nitrogen and oxygen atoms in total. The second-order valence-electron chi connectivity index (χ2n) is 14.2. The Labute approximate surface area is 362 Å². The third-order valence-corrected chi connectivity index (χ3v) is 9.68. The average Bonchev–Trinajstić information content (AvgIpc) is 3.29. The van der Waals surface area contributed by atoms with Crippen molar-refractivity contribution in [3.63, 3.8) is 0 Å². The fourth-order valence-corrected chi connectivity index (χ4v) is 6.11. The Balaban J connectivity index is 0.000000207. The van der Waals surface area contributed by atoms with Gasteiger partial charge < -0.3 is 39.4 Å². The van der Waals surface area contributed by atoms with Crippen molar-refractivity contribution in [1.82, 2.24) is 0 Å². The van der Waals surface area contributed by atoms with Crippen molar-refractivity contribution in [2.75, 3.05) is 27.9 Å². The zero-order valence-electron chi connectivity index (χ0n) is 35.7. The predicted octanol–water partition coefficient (Wildman–Crippen LogP) is 10.6. The van der Waals surface area contributed by atoms with E-state index in [4.69, 9.17) is 18.9 Å². The normalized spacial score (nSPS) is 10.3. The number of rotatable bonds is 17. The molecule has 0 aliphatic heterocycles. The van der Waals surface area contributed by atoms with E-state index in [2.05, 4.69) is 6.92 Å². The highest BCUT2D eigenvalue weighted by molar-refractivity contribution is 6.13. The molecule has 0 radical (unpaired) electrons. The number of ether oxygens (including phenoxy) is 4. The summed E-state index contributed by atoms with van der Waals surface area (Å²) in [6.45, 7) is 4.80. The fourth-order valence-electron chi connectivity index (χ4n) is 6.11. The SMILES string of the molecule is CCCCCCCCOc1ccc(C(=O)c2ccccc2)c(O)c1.COc1ccc(C(=O)c2ccc(C)cc2)c(O)c1.COc1ccc(C(=O)c2ccc(OC)cc2O)c(O)c1. The van der Waals surface area contributed by atoms with Gasteiger partial charge in [-0.3, -0.25) is 14.4 Å². The summed E-state index contributed by atoms with van der Waals surface area (Å²) in [4.78, 5) is 36.8. The minimum atomic E-state index is -0.481. The van der Waals surface area contributed by atoms with E-state index >= 15 is 0 Å². The highest BCUT2D eigenvalue weighted by Crippen LogP contribution is 2.31. The molecule has 0 aliphatic carbocycles. The number of carbonyl (C=O) groups excluding carboxylic acids is 3. The molecule has 6 aromatic carbocycles. The van der Waals surface area contributed by atoms with Crippen LogP contribution in [0.15, 0.2) is 127 Å². The molecule has 0 amide bonds. The summed E-state index contributed by atoms with van der Waals surface area (Å²) in [6.07, 6.45) is 7.25. The van der Waals surface area contributed by atoms with Crippen molar-refractivity contribution in [1.29, 1.82) is 0 Å². The van der Waals surface area contributed by atoms with E-state index in [-0.39, 0.29) is 51.3 Å². The molecular formula is C51H54O11. The van der Waals surface area contributed by atoms with Crippen molar-refractivity contribution in [2.24, 2.45) is 0 Å². The van der Waals surface area contributed by atoms with E-state index in [9.17, 15) is 34.8 Å². The number of hydrogen-bond acceptors (Lipinski definition) is 11. The summed E-state index contributed by atoms with van der Waals surface area (Å²) >= 11 is 0. The molecule has 0 saturated heterocycles. The van der Waals surface area contributed by atoms with Crippen LogP contribution in [0.1, 0.15) is 98.8 Å².